The fraction of sp³-hybridized carbons (Fsp3) is 0.333. The van der Waals surface area contributed by atoms with Gasteiger partial charge in [0.05, 0.1) is 10.5 Å². The van der Waals surface area contributed by atoms with Crippen LogP contribution >= 0.6 is 27.7 Å². The summed E-state index contributed by atoms with van der Waals surface area (Å²) in [4.78, 5) is 2.20. The minimum absolute atomic E-state index is 0.920. The molecule has 0 aliphatic carbocycles. The minimum Gasteiger partial charge on any atom is -0.369 e. The van der Waals surface area contributed by atoms with Crippen LogP contribution in [0.5, 0.6) is 0 Å². The summed E-state index contributed by atoms with van der Waals surface area (Å²) in [7, 11) is 0. The molecular formula is C6H7BrN2S. The van der Waals surface area contributed by atoms with Gasteiger partial charge in [-0.2, -0.15) is 0 Å². The van der Waals surface area contributed by atoms with Crippen molar-refractivity contribution >= 4 is 27.7 Å². The van der Waals surface area contributed by atoms with Gasteiger partial charge in [0.15, 0.2) is 0 Å². The molecule has 0 unspecified atom stereocenters. The second kappa shape index (κ2) is 2.20. The first-order valence-corrected chi connectivity index (χ1v) is 4.65. The van der Waals surface area contributed by atoms with E-state index in [0.29, 0.717) is 0 Å². The summed E-state index contributed by atoms with van der Waals surface area (Å²) in [6.45, 7) is 3.02. The Morgan fingerprint density at radius 3 is 3.30 bits per heavy atom. The molecule has 0 radical (unpaired) electrons. The third kappa shape index (κ3) is 0.864. The molecule has 0 spiro atoms. The second-order valence-corrected chi connectivity index (χ2v) is 4.68. The summed E-state index contributed by atoms with van der Waals surface area (Å²) in [5.74, 6) is 0. The van der Waals surface area contributed by atoms with Crippen LogP contribution in [0.25, 0.3) is 0 Å². The molecule has 2 rings (SSSR count). The van der Waals surface area contributed by atoms with Crippen LogP contribution in [0.15, 0.2) is 20.7 Å². The molecular weight excluding hydrogens is 212 g/mol. The van der Waals surface area contributed by atoms with E-state index in [1.807, 2.05) is 0 Å². The lowest BCUT2D eigenvalue weighted by Crippen LogP contribution is -2.15. The molecule has 0 saturated carbocycles. The maximum Gasteiger partial charge on any atom is 0.101 e. The third-order valence-electron chi connectivity index (χ3n) is 1.55. The molecule has 0 saturated heterocycles. The van der Waals surface area contributed by atoms with E-state index in [1.165, 1.54) is 14.5 Å². The van der Waals surface area contributed by atoms with Crippen LogP contribution in [0.3, 0.4) is 0 Å². The van der Waals surface area contributed by atoms with Gasteiger partial charge in [-0.1, -0.05) is 11.8 Å². The molecule has 0 amide bonds. The predicted octanol–water partition coefficient (Wildman–Crippen LogP) is 1.98. The molecule has 0 bridgehead atoms. The standard InChI is InChI=1S/C6H7BrN2S/c1-4-6-9(3-8-4)2-5(7)10-6/h2,8H,3H2,1H3. The van der Waals surface area contributed by atoms with Gasteiger partial charge in [-0.3, -0.25) is 0 Å². The Balaban J connectivity index is 2.31. The third-order valence-corrected chi connectivity index (χ3v) is 3.27. The molecule has 2 nitrogen and oxygen atoms in total. The van der Waals surface area contributed by atoms with E-state index in [4.69, 9.17) is 0 Å². The first-order chi connectivity index (χ1) is 4.77. The Hall–Kier alpha value is -0.0900. The summed E-state index contributed by atoms with van der Waals surface area (Å²) in [5.41, 5.74) is 1.27. The van der Waals surface area contributed by atoms with Crippen molar-refractivity contribution in [2.75, 3.05) is 6.67 Å². The number of rotatable bonds is 0. The van der Waals surface area contributed by atoms with Crippen LogP contribution in [0.4, 0.5) is 0 Å². The van der Waals surface area contributed by atoms with E-state index in [-0.39, 0.29) is 0 Å². The van der Waals surface area contributed by atoms with E-state index < -0.39 is 0 Å². The molecule has 0 atom stereocenters. The molecule has 0 aromatic heterocycles. The van der Waals surface area contributed by atoms with Gasteiger partial charge < -0.3 is 10.2 Å². The molecule has 2 heterocycles. The van der Waals surface area contributed by atoms with Crippen molar-refractivity contribution in [2.45, 2.75) is 6.92 Å². The van der Waals surface area contributed by atoms with Gasteiger partial charge in [0.1, 0.15) is 5.03 Å². The normalized spacial score (nSPS) is 23.0. The molecule has 0 fully saturated rings. The Labute approximate surface area is 72.5 Å². The van der Waals surface area contributed by atoms with Gasteiger partial charge in [0, 0.05) is 11.9 Å². The van der Waals surface area contributed by atoms with Crippen molar-refractivity contribution in [3.8, 4) is 0 Å². The van der Waals surface area contributed by atoms with Gasteiger partial charge in [0.25, 0.3) is 0 Å². The molecule has 2 aliphatic heterocycles. The van der Waals surface area contributed by atoms with Crippen LogP contribution < -0.4 is 5.32 Å². The predicted molar refractivity (Wildman–Crippen MR) is 47.1 cm³/mol. The van der Waals surface area contributed by atoms with Gasteiger partial charge in [-0.05, 0) is 22.9 Å². The number of fused-ring (bicyclic) bond motifs is 1. The Morgan fingerprint density at radius 1 is 1.80 bits per heavy atom. The number of thioether (sulfide) groups is 1. The van der Waals surface area contributed by atoms with Crippen LogP contribution in [0.1, 0.15) is 6.92 Å². The maximum absolute atomic E-state index is 3.44. The SMILES string of the molecule is CC1=C2SC(Br)=CN2CN1. The van der Waals surface area contributed by atoms with E-state index >= 15 is 0 Å². The zero-order valence-electron chi connectivity index (χ0n) is 5.52. The van der Waals surface area contributed by atoms with Crippen molar-refractivity contribution in [1.82, 2.24) is 10.2 Å². The van der Waals surface area contributed by atoms with Crippen molar-refractivity contribution in [3.63, 3.8) is 0 Å². The summed E-state index contributed by atoms with van der Waals surface area (Å²) in [6.07, 6.45) is 2.10. The summed E-state index contributed by atoms with van der Waals surface area (Å²) >= 11 is 5.21. The Kier molecular flexibility index (Phi) is 1.46. The largest absolute Gasteiger partial charge is 0.369 e. The molecule has 2 aliphatic rings. The van der Waals surface area contributed by atoms with Crippen LogP contribution in [0, 0.1) is 0 Å². The molecule has 10 heavy (non-hydrogen) atoms. The van der Waals surface area contributed by atoms with Crippen molar-refractivity contribution in [1.29, 1.82) is 0 Å². The highest BCUT2D eigenvalue weighted by atomic mass is 79.9. The number of allylic oxidation sites excluding steroid dienone is 1. The molecule has 0 aromatic rings. The fourth-order valence-corrected chi connectivity index (χ4v) is 2.58. The fourth-order valence-electron chi connectivity index (χ4n) is 1.05. The van der Waals surface area contributed by atoms with Gasteiger partial charge in [-0.25, -0.2) is 0 Å². The first kappa shape index (κ1) is 6.61. The second-order valence-electron chi connectivity index (χ2n) is 2.27. The minimum atomic E-state index is 0.920. The topological polar surface area (TPSA) is 15.3 Å². The van der Waals surface area contributed by atoms with E-state index in [1.54, 1.807) is 11.8 Å². The number of nitrogens with one attached hydrogen (secondary N) is 1. The van der Waals surface area contributed by atoms with Crippen molar-refractivity contribution in [3.05, 3.63) is 20.7 Å². The van der Waals surface area contributed by atoms with Gasteiger partial charge in [-0.15, -0.1) is 0 Å². The Morgan fingerprint density at radius 2 is 2.60 bits per heavy atom. The molecule has 54 valence electrons. The van der Waals surface area contributed by atoms with E-state index in [2.05, 4.69) is 39.3 Å². The smallest absolute Gasteiger partial charge is 0.101 e. The van der Waals surface area contributed by atoms with Crippen LogP contribution in [0.2, 0.25) is 0 Å². The lowest BCUT2D eigenvalue weighted by atomic mass is 10.6. The zero-order valence-corrected chi connectivity index (χ0v) is 7.92. The van der Waals surface area contributed by atoms with Crippen LogP contribution in [-0.2, 0) is 0 Å². The lowest BCUT2D eigenvalue weighted by Gasteiger charge is -2.05. The number of hydrogen-bond donors (Lipinski definition) is 1. The highest BCUT2D eigenvalue weighted by molar-refractivity contribution is 9.14. The average Bonchev–Trinajstić information content (AvgIpc) is 2.35. The number of nitrogens with zero attached hydrogens (tertiary/aromatic N) is 1. The zero-order chi connectivity index (χ0) is 7.14. The van der Waals surface area contributed by atoms with Crippen LogP contribution in [-0.4, -0.2) is 11.6 Å². The first-order valence-electron chi connectivity index (χ1n) is 3.04. The lowest BCUT2D eigenvalue weighted by molar-refractivity contribution is 0.518. The van der Waals surface area contributed by atoms with E-state index in [0.717, 1.165) is 6.67 Å². The summed E-state index contributed by atoms with van der Waals surface area (Å²) < 4.78 is 1.20. The van der Waals surface area contributed by atoms with Crippen molar-refractivity contribution < 1.29 is 0 Å². The molecule has 1 N–H and O–H groups in total. The molecule has 4 heteroatoms. The maximum atomic E-state index is 3.44. The number of halogens is 1. The monoisotopic (exact) mass is 218 g/mol. The summed E-state index contributed by atoms with van der Waals surface area (Å²) in [6, 6.07) is 0. The summed E-state index contributed by atoms with van der Waals surface area (Å²) in [5, 5.41) is 4.59. The Bertz CT molecular complexity index is 234. The highest BCUT2D eigenvalue weighted by Gasteiger charge is 2.24. The van der Waals surface area contributed by atoms with E-state index in [9.17, 15) is 0 Å². The van der Waals surface area contributed by atoms with Gasteiger partial charge in [0.2, 0.25) is 0 Å². The van der Waals surface area contributed by atoms with Crippen molar-refractivity contribution in [2.24, 2.45) is 0 Å². The quantitative estimate of drug-likeness (QED) is 0.670. The van der Waals surface area contributed by atoms with Gasteiger partial charge >= 0.3 is 0 Å². The highest BCUT2D eigenvalue weighted by Crippen LogP contribution is 2.42. The average molecular weight is 219 g/mol. The molecule has 0 aromatic carbocycles. The number of hydrogen-bond acceptors (Lipinski definition) is 3.